The summed E-state index contributed by atoms with van der Waals surface area (Å²) in [5.74, 6) is 0.230. The molecule has 1 N–H and O–H groups in total. The Morgan fingerprint density at radius 2 is 1.64 bits per heavy atom. The van der Waals surface area contributed by atoms with Gasteiger partial charge in [-0.1, -0.05) is 18.6 Å². The summed E-state index contributed by atoms with van der Waals surface area (Å²) < 4.78 is 0. The lowest BCUT2D eigenvalue weighted by Gasteiger charge is -2.03. The maximum atomic E-state index is 11.3. The summed E-state index contributed by atoms with van der Waals surface area (Å²) >= 11 is 0. The Labute approximate surface area is 86.8 Å². The van der Waals surface area contributed by atoms with Gasteiger partial charge in [-0.2, -0.15) is 0 Å². The summed E-state index contributed by atoms with van der Waals surface area (Å²) in [5.41, 5.74) is 0. The molecule has 0 bridgehead atoms. The minimum Gasteiger partial charge on any atom is -0.356 e. The van der Waals surface area contributed by atoms with Gasteiger partial charge in [0.2, 0.25) is 5.91 Å². The minimum absolute atomic E-state index is 0.230. The van der Waals surface area contributed by atoms with Crippen LogP contribution in [0.3, 0.4) is 0 Å². The van der Waals surface area contributed by atoms with Crippen LogP contribution < -0.4 is 5.32 Å². The standard InChI is InChI=1S/C12H21NO/c14-12-10-8-6-4-2-1-3-5-7-9-11-13-12/h1-2H,3-11H2,(H,13,14)/b2-1+. The molecule has 80 valence electrons. The number of hydrogen-bond acceptors (Lipinski definition) is 1. The third-order valence-electron chi connectivity index (χ3n) is 2.56. The molecule has 0 radical (unpaired) electrons. The Kier molecular flexibility index (Phi) is 6.13. The predicted octanol–water partition coefficient (Wildman–Crippen LogP) is 2.79. The molecule has 0 saturated carbocycles. The molecule has 2 nitrogen and oxygen atoms in total. The van der Waals surface area contributed by atoms with Gasteiger partial charge in [0.15, 0.2) is 0 Å². The fourth-order valence-electron chi connectivity index (χ4n) is 1.66. The first-order chi connectivity index (χ1) is 6.89. The van der Waals surface area contributed by atoms with Crippen molar-refractivity contribution in [1.29, 1.82) is 0 Å². The van der Waals surface area contributed by atoms with Gasteiger partial charge < -0.3 is 5.32 Å². The number of rotatable bonds is 0. The maximum Gasteiger partial charge on any atom is 0.219 e. The number of carbonyl (C=O) groups is 1. The maximum absolute atomic E-state index is 11.3. The zero-order valence-corrected chi connectivity index (χ0v) is 8.93. The van der Waals surface area contributed by atoms with E-state index >= 15 is 0 Å². The second-order valence-corrected chi connectivity index (χ2v) is 3.92. The zero-order valence-electron chi connectivity index (χ0n) is 8.93. The van der Waals surface area contributed by atoms with Crippen molar-refractivity contribution in [2.45, 2.75) is 51.4 Å². The van der Waals surface area contributed by atoms with Crippen molar-refractivity contribution >= 4 is 5.91 Å². The summed E-state index contributed by atoms with van der Waals surface area (Å²) in [6.07, 6.45) is 13.4. The van der Waals surface area contributed by atoms with E-state index in [1.54, 1.807) is 0 Å². The minimum atomic E-state index is 0.230. The first-order valence-electron chi connectivity index (χ1n) is 5.81. The number of carbonyl (C=O) groups excluding carboxylic acids is 1. The van der Waals surface area contributed by atoms with Crippen LogP contribution in [0.5, 0.6) is 0 Å². The smallest absolute Gasteiger partial charge is 0.219 e. The molecule has 1 aliphatic rings. The molecule has 0 aliphatic carbocycles. The molecule has 2 heteroatoms. The zero-order chi connectivity index (χ0) is 10.1. The lowest BCUT2D eigenvalue weighted by Crippen LogP contribution is -2.23. The molecule has 0 saturated heterocycles. The monoisotopic (exact) mass is 195 g/mol. The number of allylic oxidation sites excluding steroid dienone is 2. The second kappa shape index (κ2) is 7.60. The van der Waals surface area contributed by atoms with Gasteiger partial charge in [-0.15, -0.1) is 0 Å². The molecule has 0 aromatic heterocycles. The average molecular weight is 195 g/mol. The van der Waals surface area contributed by atoms with E-state index in [0.717, 1.165) is 32.2 Å². The van der Waals surface area contributed by atoms with E-state index in [-0.39, 0.29) is 5.91 Å². The van der Waals surface area contributed by atoms with Crippen molar-refractivity contribution in [3.63, 3.8) is 0 Å². The SMILES string of the molecule is O=C1CCCC/C=C/CCCCCN1. The fourth-order valence-corrected chi connectivity index (χ4v) is 1.66. The Bertz CT molecular complexity index is 187. The molecular weight excluding hydrogens is 174 g/mol. The lowest BCUT2D eigenvalue weighted by molar-refractivity contribution is -0.121. The molecule has 14 heavy (non-hydrogen) atoms. The number of hydrogen-bond donors (Lipinski definition) is 1. The molecule has 1 rings (SSSR count). The lowest BCUT2D eigenvalue weighted by atomic mass is 10.1. The van der Waals surface area contributed by atoms with E-state index < -0.39 is 0 Å². The van der Waals surface area contributed by atoms with Crippen LogP contribution in [-0.2, 0) is 4.79 Å². The summed E-state index contributed by atoms with van der Waals surface area (Å²) in [6.45, 7) is 0.864. The molecule has 0 fully saturated rings. The highest BCUT2D eigenvalue weighted by Gasteiger charge is 1.99. The second-order valence-electron chi connectivity index (χ2n) is 3.92. The highest BCUT2D eigenvalue weighted by atomic mass is 16.1. The van der Waals surface area contributed by atoms with Crippen LogP contribution in [0.1, 0.15) is 51.4 Å². The average Bonchev–Trinajstić information content (AvgIpc) is 2.20. The van der Waals surface area contributed by atoms with Crippen LogP contribution in [-0.4, -0.2) is 12.5 Å². The normalized spacial score (nSPS) is 23.9. The summed E-state index contributed by atoms with van der Waals surface area (Å²) in [7, 11) is 0. The van der Waals surface area contributed by atoms with Gasteiger partial charge in [-0.05, 0) is 38.5 Å². The van der Waals surface area contributed by atoms with E-state index in [9.17, 15) is 4.79 Å². The molecule has 1 heterocycles. The topological polar surface area (TPSA) is 29.1 Å². The van der Waals surface area contributed by atoms with Gasteiger partial charge in [0.25, 0.3) is 0 Å². The van der Waals surface area contributed by atoms with Crippen molar-refractivity contribution in [2.24, 2.45) is 0 Å². The highest BCUT2D eigenvalue weighted by Crippen LogP contribution is 2.05. The molecule has 0 aromatic rings. The van der Waals surface area contributed by atoms with Gasteiger partial charge in [-0.25, -0.2) is 0 Å². The third kappa shape index (κ3) is 5.79. The fraction of sp³-hybridized carbons (Fsp3) is 0.750. The summed E-state index contributed by atoms with van der Waals surface area (Å²) in [4.78, 5) is 11.3. The van der Waals surface area contributed by atoms with Gasteiger partial charge in [0, 0.05) is 13.0 Å². The van der Waals surface area contributed by atoms with Crippen molar-refractivity contribution in [3.8, 4) is 0 Å². The van der Waals surface area contributed by atoms with Gasteiger partial charge in [-0.3, -0.25) is 4.79 Å². The molecule has 0 unspecified atom stereocenters. The van der Waals surface area contributed by atoms with Crippen LogP contribution in [0, 0.1) is 0 Å². The van der Waals surface area contributed by atoms with Crippen molar-refractivity contribution < 1.29 is 4.79 Å². The molecule has 1 amide bonds. The molecule has 1 aliphatic heterocycles. The van der Waals surface area contributed by atoms with Crippen LogP contribution in [0.15, 0.2) is 12.2 Å². The molecule has 0 atom stereocenters. The molecular formula is C12H21NO. The third-order valence-corrected chi connectivity index (χ3v) is 2.56. The van der Waals surface area contributed by atoms with E-state index in [0.29, 0.717) is 6.42 Å². The molecule has 0 spiro atoms. The first-order valence-corrected chi connectivity index (χ1v) is 5.81. The number of amides is 1. The number of nitrogens with one attached hydrogen (secondary N) is 1. The van der Waals surface area contributed by atoms with Crippen LogP contribution in [0.4, 0.5) is 0 Å². The van der Waals surface area contributed by atoms with Crippen molar-refractivity contribution in [2.75, 3.05) is 6.54 Å². The Morgan fingerprint density at radius 3 is 2.43 bits per heavy atom. The van der Waals surface area contributed by atoms with E-state index in [1.807, 2.05) is 0 Å². The van der Waals surface area contributed by atoms with Crippen LogP contribution >= 0.6 is 0 Å². The Morgan fingerprint density at radius 1 is 0.929 bits per heavy atom. The van der Waals surface area contributed by atoms with Gasteiger partial charge in [0.1, 0.15) is 0 Å². The quantitative estimate of drug-likeness (QED) is 0.592. The largest absolute Gasteiger partial charge is 0.356 e. The Balaban J connectivity index is 2.22. The van der Waals surface area contributed by atoms with Crippen molar-refractivity contribution in [1.82, 2.24) is 5.32 Å². The summed E-state index contributed by atoms with van der Waals surface area (Å²) in [6, 6.07) is 0. The van der Waals surface area contributed by atoms with E-state index in [1.165, 1.54) is 19.3 Å². The van der Waals surface area contributed by atoms with E-state index in [2.05, 4.69) is 17.5 Å². The van der Waals surface area contributed by atoms with Crippen LogP contribution in [0.2, 0.25) is 0 Å². The molecule has 0 aromatic carbocycles. The van der Waals surface area contributed by atoms with E-state index in [4.69, 9.17) is 0 Å². The van der Waals surface area contributed by atoms with Crippen LogP contribution in [0.25, 0.3) is 0 Å². The summed E-state index contributed by atoms with van der Waals surface area (Å²) in [5, 5.41) is 2.96. The Hall–Kier alpha value is -0.790. The predicted molar refractivity (Wildman–Crippen MR) is 59.1 cm³/mol. The highest BCUT2D eigenvalue weighted by molar-refractivity contribution is 5.75. The van der Waals surface area contributed by atoms with Gasteiger partial charge in [0.05, 0.1) is 0 Å². The van der Waals surface area contributed by atoms with Crippen molar-refractivity contribution in [3.05, 3.63) is 12.2 Å². The van der Waals surface area contributed by atoms with Gasteiger partial charge >= 0.3 is 0 Å². The first kappa shape index (κ1) is 11.3.